The highest BCUT2D eigenvalue weighted by molar-refractivity contribution is 6.30. The third kappa shape index (κ3) is 3.46. The van der Waals surface area contributed by atoms with Crippen LogP contribution in [0, 0.1) is 5.92 Å². The SMILES string of the molecule is CC(C)CC(C(=O)Nc1ccc(Cl)cn1)N1C(=O)c2ccccc2C1=O. The third-order valence-electron chi connectivity index (χ3n) is 4.11. The quantitative estimate of drug-likeness (QED) is 0.817. The van der Waals surface area contributed by atoms with Crippen molar-refractivity contribution >= 4 is 35.1 Å². The molecule has 2 heterocycles. The lowest BCUT2D eigenvalue weighted by molar-refractivity contribution is -0.120. The van der Waals surface area contributed by atoms with E-state index in [-0.39, 0.29) is 5.92 Å². The van der Waals surface area contributed by atoms with Crippen LogP contribution >= 0.6 is 11.6 Å². The molecule has 1 aromatic carbocycles. The molecule has 1 atom stereocenters. The molecule has 1 aromatic heterocycles. The van der Waals surface area contributed by atoms with Gasteiger partial charge in [-0.15, -0.1) is 0 Å². The number of anilines is 1. The van der Waals surface area contributed by atoms with Gasteiger partial charge in [0.25, 0.3) is 11.8 Å². The minimum absolute atomic E-state index is 0.105. The molecule has 0 spiro atoms. The van der Waals surface area contributed by atoms with Crippen molar-refractivity contribution in [3.05, 3.63) is 58.7 Å². The van der Waals surface area contributed by atoms with E-state index in [4.69, 9.17) is 11.6 Å². The van der Waals surface area contributed by atoms with Gasteiger partial charge in [0.05, 0.1) is 16.1 Å². The normalized spacial score (nSPS) is 14.5. The largest absolute Gasteiger partial charge is 0.309 e. The lowest BCUT2D eigenvalue weighted by Crippen LogP contribution is -2.48. The molecule has 0 saturated carbocycles. The van der Waals surface area contributed by atoms with Crippen molar-refractivity contribution in [2.75, 3.05) is 5.32 Å². The first-order valence-electron chi connectivity index (χ1n) is 8.28. The standard InChI is InChI=1S/C19H18ClN3O3/c1-11(2)9-15(17(24)22-16-8-7-12(20)10-21-16)23-18(25)13-5-3-4-6-14(13)19(23)26/h3-8,10-11,15H,9H2,1-2H3,(H,21,22,24). The second kappa shape index (κ2) is 7.25. The average molecular weight is 372 g/mol. The summed E-state index contributed by atoms with van der Waals surface area (Å²) in [6.45, 7) is 3.86. The van der Waals surface area contributed by atoms with E-state index in [0.717, 1.165) is 4.90 Å². The molecule has 1 N–H and O–H groups in total. The highest BCUT2D eigenvalue weighted by Crippen LogP contribution is 2.27. The molecule has 134 valence electrons. The molecule has 0 bridgehead atoms. The summed E-state index contributed by atoms with van der Waals surface area (Å²) in [6.07, 6.45) is 1.77. The molecule has 1 unspecified atom stereocenters. The fourth-order valence-corrected chi connectivity index (χ4v) is 3.04. The van der Waals surface area contributed by atoms with Gasteiger partial charge in [-0.3, -0.25) is 19.3 Å². The second-order valence-corrected chi connectivity index (χ2v) is 6.96. The molecule has 1 aliphatic heterocycles. The average Bonchev–Trinajstić information content (AvgIpc) is 2.86. The fourth-order valence-electron chi connectivity index (χ4n) is 2.93. The van der Waals surface area contributed by atoms with Crippen molar-refractivity contribution in [1.82, 2.24) is 9.88 Å². The number of carbonyl (C=O) groups is 3. The van der Waals surface area contributed by atoms with E-state index < -0.39 is 23.8 Å². The summed E-state index contributed by atoms with van der Waals surface area (Å²) in [5.74, 6) is -0.938. The number of benzene rings is 1. The molecule has 6 nitrogen and oxygen atoms in total. The summed E-state index contributed by atoms with van der Waals surface area (Å²) in [5, 5.41) is 3.11. The number of nitrogens with zero attached hydrogens (tertiary/aromatic N) is 2. The maximum Gasteiger partial charge on any atom is 0.262 e. The first kappa shape index (κ1) is 18.1. The number of imide groups is 1. The van der Waals surface area contributed by atoms with E-state index in [1.165, 1.54) is 6.20 Å². The summed E-state index contributed by atoms with van der Waals surface area (Å²) in [4.78, 5) is 43.4. The molecular formula is C19H18ClN3O3. The van der Waals surface area contributed by atoms with E-state index in [1.807, 2.05) is 13.8 Å². The number of hydrogen-bond acceptors (Lipinski definition) is 4. The Morgan fingerprint density at radius 2 is 1.73 bits per heavy atom. The van der Waals surface area contributed by atoms with Gasteiger partial charge in [0.2, 0.25) is 5.91 Å². The second-order valence-electron chi connectivity index (χ2n) is 6.52. The molecule has 1 aliphatic rings. The molecule has 0 saturated heterocycles. The fraction of sp³-hybridized carbons (Fsp3) is 0.263. The van der Waals surface area contributed by atoms with Crippen LogP contribution in [0.4, 0.5) is 5.82 Å². The van der Waals surface area contributed by atoms with Crippen LogP contribution in [0.1, 0.15) is 41.0 Å². The molecule has 3 amide bonds. The van der Waals surface area contributed by atoms with Crippen LogP contribution < -0.4 is 5.32 Å². The van der Waals surface area contributed by atoms with Crippen molar-refractivity contribution < 1.29 is 14.4 Å². The van der Waals surface area contributed by atoms with Gasteiger partial charge in [-0.25, -0.2) is 4.98 Å². The molecular weight excluding hydrogens is 354 g/mol. The Morgan fingerprint density at radius 1 is 1.12 bits per heavy atom. The molecule has 3 rings (SSSR count). The van der Waals surface area contributed by atoms with E-state index in [1.54, 1.807) is 36.4 Å². The first-order chi connectivity index (χ1) is 12.4. The van der Waals surface area contributed by atoms with Crippen LogP contribution in [0.5, 0.6) is 0 Å². The third-order valence-corrected chi connectivity index (χ3v) is 4.34. The zero-order chi connectivity index (χ0) is 18.8. The van der Waals surface area contributed by atoms with Crippen LogP contribution in [-0.4, -0.2) is 33.6 Å². The van der Waals surface area contributed by atoms with Gasteiger partial charge in [-0.2, -0.15) is 0 Å². The Labute approximate surface area is 156 Å². The van der Waals surface area contributed by atoms with Gasteiger partial charge in [0.1, 0.15) is 11.9 Å². The molecule has 26 heavy (non-hydrogen) atoms. The molecule has 7 heteroatoms. The predicted octanol–water partition coefficient (Wildman–Crippen LogP) is 3.38. The van der Waals surface area contributed by atoms with Gasteiger partial charge < -0.3 is 5.32 Å². The Hall–Kier alpha value is -2.73. The van der Waals surface area contributed by atoms with Crippen LogP contribution in [-0.2, 0) is 4.79 Å². The zero-order valence-electron chi connectivity index (χ0n) is 14.4. The maximum atomic E-state index is 12.8. The monoisotopic (exact) mass is 371 g/mol. The Kier molecular flexibility index (Phi) is 5.04. The topological polar surface area (TPSA) is 79.4 Å². The Morgan fingerprint density at radius 3 is 2.23 bits per heavy atom. The maximum absolute atomic E-state index is 12.8. The summed E-state index contributed by atoms with van der Waals surface area (Å²) < 4.78 is 0. The van der Waals surface area contributed by atoms with Crippen LogP contribution in [0.15, 0.2) is 42.6 Å². The predicted molar refractivity (Wildman–Crippen MR) is 98.1 cm³/mol. The van der Waals surface area contributed by atoms with Gasteiger partial charge >= 0.3 is 0 Å². The van der Waals surface area contributed by atoms with Crippen molar-refractivity contribution in [3.63, 3.8) is 0 Å². The summed E-state index contributed by atoms with van der Waals surface area (Å²) in [7, 11) is 0. The number of pyridine rings is 1. The zero-order valence-corrected chi connectivity index (χ0v) is 15.2. The van der Waals surface area contributed by atoms with Crippen LogP contribution in [0.25, 0.3) is 0 Å². The lowest BCUT2D eigenvalue weighted by atomic mass is 10.0. The summed E-state index contributed by atoms with van der Waals surface area (Å²) in [5.41, 5.74) is 0.646. The lowest BCUT2D eigenvalue weighted by Gasteiger charge is -2.26. The van der Waals surface area contributed by atoms with Crippen molar-refractivity contribution in [1.29, 1.82) is 0 Å². The number of aromatic nitrogens is 1. The molecule has 0 radical (unpaired) electrons. The number of fused-ring (bicyclic) bond motifs is 1. The van der Waals surface area contributed by atoms with E-state index in [2.05, 4.69) is 10.3 Å². The van der Waals surface area contributed by atoms with Crippen LogP contribution in [0.2, 0.25) is 5.02 Å². The molecule has 2 aromatic rings. The Bertz CT molecular complexity index is 830. The summed E-state index contributed by atoms with van der Waals surface area (Å²) in [6, 6.07) is 8.84. The minimum atomic E-state index is -0.917. The van der Waals surface area contributed by atoms with Gasteiger partial charge in [0.15, 0.2) is 0 Å². The molecule has 0 fully saturated rings. The smallest absolute Gasteiger partial charge is 0.262 e. The van der Waals surface area contributed by atoms with E-state index in [9.17, 15) is 14.4 Å². The highest BCUT2D eigenvalue weighted by Gasteiger charge is 2.42. The van der Waals surface area contributed by atoms with Gasteiger partial charge in [0, 0.05) is 6.20 Å². The number of nitrogens with one attached hydrogen (secondary N) is 1. The van der Waals surface area contributed by atoms with Crippen molar-refractivity contribution in [2.24, 2.45) is 5.92 Å². The first-order valence-corrected chi connectivity index (χ1v) is 8.65. The van der Waals surface area contributed by atoms with E-state index >= 15 is 0 Å². The van der Waals surface area contributed by atoms with Gasteiger partial charge in [-0.1, -0.05) is 37.6 Å². The van der Waals surface area contributed by atoms with E-state index in [0.29, 0.717) is 28.4 Å². The summed E-state index contributed by atoms with van der Waals surface area (Å²) >= 11 is 5.80. The number of hydrogen-bond donors (Lipinski definition) is 1. The minimum Gasteiger partial charge on any atom is -0.309 e. The number of rotatable bonds is 5. The number of halogens is 1. The number of carbonyl (C=O) groups excluding carboxylic acids is 3. The van der Waals surface area contributed by atoms with Gasteiger partial charge in [-0.05, 0) is 36.6 Å². The highest BCUT2D eigenvalue weighted by atomic mass is 35.5. The van der Waals surface area contributed by atoms with Crippen molar-refractivity contribution in [3.8, 4) is 0 Å². The Balaban J connectivity index is 1.89. The van der Waals surface area contributed by atoms with Crippen molar-refractivity contribution in [2.45, 2.75) is 26.3 Å². The number of amides is 3. The molecule has 0 aliphatic carbocycles. The van der Waals surface area contributed by atoms with Crippen LogP contribution in [0.3, 0.4) is 0 Å².